The van der Waals surface area contributed by atoms with Crippen molar-refractivity contribution in [3.8, 4) is 11.4 Å². The lowest BCUT2D eigenvalue weighted by Gasteiger charge is -2.09. The van der Waals surface area contributed by atoms with Crippen LogP contribution >= 0.6 is 0 Å². The highest BCUT2D eigenvalue weighted by molar-refractivity contribution is 5.88. The van der Waals surface area contributed by atoms with Gasteiger partial charge in [0.15, 0.2) is 0 Å². The second-order valence-electron chi connectivity index (χ2n) is 8.20. The van der Waals surface area contributed by atoms with Crippen molar-refractivity contribution in [1.82, 2.24) is 25.1 Å². The molecule has 0 bridgehead atoms. The van der Waals surface area contributed by atoms with E-state index in [0.29, 0.717) is 0 Å². The van der Waals surface area contributed by atoms with Gasteiger partial charge in [0, 0.05) is 23.3 Å². The number of aromatic amines is 2. The van der Waals surface area contributed by atoms with E-state index in [0.717, 1.165) is 63.7 Å². The standard InChI is InChI=1S/C27H33N5/c1-7-9-12-22-16-26(29-20(22)4)27-24(25(8-2)30-31-27)14-19(3)23-15-21(17-28-18-23)11-10-13-32(5)6/h7-9,12,14-18,29-30H,1,3,10-11,13H2,2,4-6H3/b12-9-,24-14+,25-8+. The zero-order chi connectivity index (χ0) is 23.1. The summed E-state index contributed by atoms with van der Waals surface area (Å²) in [6.45, 7) is 13.2. The molecule has 32 heavy (non-hydrogen) atoms. The molecule has 0 radical (unpaired) electrons. The van der Waals surface area contributed by atoms with E-state index in [2.05, 4.69) is 77.5 Å². The third-order valence-corrected chi connectivity index (χ3v) is 5.40. The SMILES string of the molecule is C=C/C=C\c1cc(-c2n[nH]c(=C/C)/c2=C\C(=C)c2cncc(CCCN(C)C)c2)[nH]c1C. The number of aryl methyl sites for hydroxylation is 2. The molecular weight excluding hydrogens is 394 g/mol. The molecule has 3 rings (SSSR count). The molecular formula is C27H33N5. The van der Waals surface area contributed by atoms with E-state index in [1.807, 2.05) is 37.5 Å². The first-order valence-electron chi connectivity index (χ1n) is 10.9. The molecule has 0 amide bonds. The Kier molecular flexibility index (Phi) is 7.79. The van der Waals surface area contributed by atoms with Crippen molar-refractivity contribution in [2.45, 2.75) is 26.7 Å². The van der Waals surface area contributed by atoms with Crippen molar-refractivity contribution in [2.24, 2.45) is 0 Å². The minimum atomic E-state index is 0.871. The van der Waals surface area contributed by atoms with Crippen molar-refractivity contribution in [3.63, 3.8) is 0 Å². The normalized spacial score (nSPS) is 12.9. The molecule has 0 aliphatic carbocycles. The Bertz CT molecular complexity index is 1240. The summed E-state index contributed by atoms with van der Waals surface area (Å²) in [6, 6.07) is 4.30. The Morgan fingerprint density at radius 1 is 1.22 bits per heavy atom. The topological polar surface area (TPSA) is 60.6 Å². The third kappa shape index (κ3) is 5.62. The predicted molar refractivity (Wildman–Crippen MR) is 136 cm³/mol. The molecule has 0 saturated carbocycles. The first kappa shape index (κ1) is 23.2. The Labute approximate surface area is 190 Å². The molecule has 2 N–H and O–H groups in total. The number of hydrogen-bond donors (Lipinski definition) is 2. The van der Waals surface area contributed by atoms with Crippen molar-refractivity contribution < 1.29 is 0 Å². The van der Waals surface area contributed by atoms with E-state index in [4.69, 9.17) is 0 Å². The van der Waals surface area contributed by atoms with Crippen LogP contribution < -0.4 is 10.6 Å². The number of rotatable bonds is 9. The molecule has 5 heteroatoms. The molecule has 0 fully saturated rings. The van der Waals surface area contributed by atoms with Crippen LogP contribution in [-0.4, -0.2) is 45.7 Å². The Hall–Kier alpha value is -3.44. The smallest absolute Gasteiger partial charge is 0.116 e. The number of pyridine rings is 1. The fourth-order valence-electron chi connectivity index (χ4n) is 3.64. The second kappa shape index (κ2) is 10.7. The van der Waals surface area contributed by atoms with E-state index in [-0.39, 0.29) is 0 Å². The van der Waals surface area contributed by atoms with Crippen LogP contribution in [0.4, 0.5) is 0 Å². The molecule has 166 valence electrons. The Morgan fingerprint density at radius 2 is 2.03 bits per heavy atom. The summed E-state index contributed by atoms with van der Waals surface area (Å²) in [5.41, 5.74) is 7.20. The van der Waals surface area contributed by atoms with Crippen molar-refractivity contribution >= 4 is 23.8 Å². The van der Waals surface area contributed by atoms with Crippen LogP contribution in [0.5, 0.6) is 0 Å². The molecule has 0 atom stereocenters. The zero-order valence-corrected chi connectivity index (χ0v) is 19.6. The van der Waals surface area contributed by atoms with Gasteiger partial charge >= 0.3 is 0 Å². The first-order valence-corrected chi connectivity index (χ1v) is 10.9. The van der Waals surface area contributed by atoms with Crippen LogP contribution in [0.3, 0.4) is 0 Å². The Morgan fingerprint density at radius 3 is 2.75 bits per heavy atom. The fraction of sp³-hybridized carbons (Fsp3) is 0.259. The lowest BCUT2D eigenvalue weighted by Crippen LogP contribution is -2.23. The van der Waals surface area contributed by atoms with Crippen LogP contribution in [0, 0.1) is 6.92 Å². The zero-order valence-electron chi connectivity index (χ0n) is 19.6. The fourth-order valence-corrected chi connectivity index (χ4v) is 3.64. The van der Waals surface area contributed by atoms with E-state index >= 15 is 0 Å². The molecule has 0 saturated heterocycles. The van der Waals surface area contributed by atoms with Gasteiger partial charge in [-0.3, -0.25) is 10.1 Å². The highest BCUT2D eigenvalue weighted by Gasteiger charge is 2.10. The molecule has 0 aliphatic heterocycles. The number of allylic oxidation sites excluding steroid dienone is 3. The first-order chi connectivity index (χ1) is 15.4. The number of nitrogens with one attached hydrogen (secondary N) is 2. The third-order valence-electron chi connectivity index (χ3n) is 5.40. The van der Waals surface area contributed by atoms with Crippen LogP contribution in [0.15, 0.2) is 49.8 Å². The molecule has 3 aromatic rings. The second-order valence-corrected chi connectivity index (χ2v) is 8.20. The minimum Gasteiger partial charge on any atom is -0.357 e. The maximum absolute atomic E-state index is 4.59. The van der Waals surface area contributed by atoms with Gasteiger partial charge in [0.05, 0.1) is 11.0 Å². The molecule has 3 aromatic heterocycles. The summed E-state index contributed by atoms with van der Waals surface area (Å²) in [4.78, 5) is 10.1. The molecule has 3 heterocycles. The molecule has 0 aromatic carbocycles. The lowest BCUT2D eigenvalue weighted by molar-refractivity contribution is 0.400. The van der Waals surface area contributed by atoms with E-state index < -0.39 is 0 Å². The van der Waals surface area contributed by atoms with Crippen molar-refractivity contribution in [1.29, 1.82) is 0 Å². The largest absolute Gasteiger partial charge is 0.357 e. The monoisotopic (exact) mass is 427 g/mol. The number of nitrogens with zero attached hydrogens (tertiary/aromatic N) is 3. The summed E-state index contributed by atoms with van der Waals surface area (Å²) in [5.74, 6) is 0. The van der Waals surface area contributed by atoms with Gasteiger partial charge in [-0.1, -0.05) is 37.5 Å². The van der Waals surface area contributed by atoms with Gasteiger partial charge in [0.1, 0.15) is 5.69 Å². The van der Waals surface area contributed by atoms with Gasteiger partial charge < -0.3 is 9.88 Å². The Balaban J connectivity index is 1.96. The summed E-state index contributed by atoms with van der Waals surface area (Å²) in [6.07, 6.45) is 15.8. The quantitative estimate of drug-likeness (QED) is 0.506. The van der Waals surface area contributed by atoms with Gasteiger partial charge in [-0.05, 0) is 87.8 Å². The number of aromatic nitrogens is 4. The van der Waals surface area contributed by atoms with Crippen LogP contribution in [0.1, 0.15) is 35.7 Å². The lowest BCUT2D eigenvalue weighted by atomic mass is 10.0. The van der Waals surface area contributed by atoms with Crippen LogP contribution in [0.25, 0.3) is 35.2 Å². The van der Waals surface area contributed by atoms with Crippen LogP contribution in [0.2, 0.25) is 0 Å². The van der Waals surface area contributed by atoms with Crippen molar-refractivity contribution in [3.05, 3.63) is 82.8 Å². The summed E-state index contributed by atoms with van der Waals surface area (Å²) in [5, 5.41) is 9.71. The van der Waals surface area contributed by atoms with Gasteiger partial charge in [0.2, 0.25) is 0 Å². The molecule has 5 nitrogen and oxygen atoms in total. The van der Waals surface area contributed by atoms with Gasteiger partial charge in [-0.2, -0.15) is 5.10 Å². The number of hydrogen-bond acceptors (Lipinski definition) is 3. The van der Waals surface area contributed by atoms with Gasteiger partial charge in [-0.15, -0.1) is 0 Å². The highest BCUT2D eigenvalue weighted by atomic mass is 15.1. The van der Waals surface area contributed by atoms with E-state index in [1.54, 1.807) is 6.08 Å². The van der Waals surface area contributed by atoms with Crippen molar-refractivity contribution in [2.75, 3.05) is 20.6 Å². The van der Waals surface area contributed by atoms with Crippen LogP contribution in [-0.2, 0) is 6.42 Å². The van der Waals surface area contributed by atoms with Gasteiger partial charge in [-0.25, -0.2) is 0 Å². The average Bonchev–Trinajstić information content (AvgIpc) is 3.34. The summed E-state index contributed by atoms with van der Waals surface area (Å²) < 4.78 is 0. The summed E-state index contributed by atoms with van der Waals surface area (Å²) in [7, 11) is 4.20. The maximum atomic E-state index is 4.59. The van der Waals surface area contributed by atoms with Gasteiger partial charge in [0.25, 0.3) is 0 Å². The van der Waals surface area contributed by atoms with E-state index in [1.165, 1.54) is 5.56 Å². The van der Waals surface area contributed by atoms with E-state index in [9.17, 15) is 0 Å². The molecule has 0 spiro atoms. The average molecular weight is 428 g/mol. The maximum Gasteiger partial charge on any atom is 0.116 e. The summed E-state index contributed by atoms with van der Waals surface area (Å²) >= 11 is 0. The highest BCUT2D eigenvalue weighted by Crippen LogP contribution is 2.20. The predicted octanol–water partition coefficient (Wildman–Crippen LogP) is 4.10. The molecule has 0 unspecified atom stereocenters. The molecule has 0 aliphatic rings. The number of H-pyrrole nitrogens is 2. The minimum absolute atomic E-state index is 0.871.